The number of hydrogen-bond acceptors (Lipinski definition) is 5. The summed E-state index contributed by atoms with van der Waals surface area (Å²) in [4.78, 5) is 37.1. The molecule has 1 atom stereocenters. The highest BCUT2D eigenvalue weighted by atomic mass is 32.1. The number of aryl methyl sites for hydroxylation is 1. The van der Waals surface area contributed by atoms with Crippen LogP contribution in [0.4, 0.5) is 5.69 Å². The molecule has 3 rings (SSSR count). The van der Waals surface area contributed by atoms with Gasteiger partial charge in [0.15, 0.2) is 11.9 Å². The second kappa shape index (κ2) is 7.72. The van der Waals surface area contributed by atoms with E-state index in [4.69, 9.17) is 4.74 Å². The summed E-state index contributed by atoms with van der Waals surface area (Å²) in [6, 6.07) is 14.4. The molecule has 1 heterocycles. The minimum Gasteiger partial charge on any atom is -0.448 e. The number of ketones is 1. The minimum atomic E-state index is -0.998. The summed E-state index contributed by atoms with van der Waals surface area (Å²) in [7, 11) is 0. The van der Waals surface area contributed by atoms with Crippen LogP contribution in [0.2, 0.25) is 0 Å². The third-order valence-corrected chi connectivity index (χ3v) is 5.50. The van der Waals surface area contributed by atoms with Gasteiger partial charge in [-0.2, -0.15) is 0 Å². The van der Waals surface area contributed by atoms with Crippen molar-refractivity contribution in [2.75, 3.05) is 5.32 Å². The zero-order valence-corrected chi connectivity index (χ0v) is 16.1. The Balaban J connectivity index is 1.73. The van der Waals surface area contributed by atoms with E-state index in [-0.39, 0.29) is 5.78 Å². The largest absolute Gasteiger partial charge is 0.448 e. The highest BCUT2D eigenvalue weighted by Gasteiger charge is 2.23. The van der Waals surface area contributed by atoms with Gasteiger partial charge in [-0.3, -0.25) is 9.59 Å². The van der Waals surface area contributed by atoms with Gasteiger partial charge in [-0.15, -0.1) is 11.3 Å². The van der Waals surface area contributed by atoms with Crippen molar-refractivity contribution in [2.45, 2.75) is 26.9 Å². The van der Waals surface area contributed by atoms with Gasteiger partial charge < -0.3 is 10.1 Å². The molecule has 1 amide bonds. The van der Waals surface area contributed by atoms with Gasteiger partial charge in [0.2, 0.25) is 0 Å². The van der Waals surface area contributed by atoms with Crippen LogP contribution in [0, 0.1) is 6.92 Å². The number of nitrogens with one attached hydrogen (secondary N) is 1. The second-order valence-electron chi connectivity index (χ2n) is 6.19. The van der Waals surface area contributed by atoms with Gasteiger partial charge in [-0.1, -0.05) is 30.3 Å². The lowest BCUT2D eigenvalue weighted by Gasteiger charge is -2.14. The number of carbonyl (C=O) groups is 3. The highest BCUT2D eigenvalue weighted by Crippen LogP contribution is 2.31. The lowest BCUT2D eigenvalue weighted by atomic mass is 10.1. The third-order valence-electron chi connectivity index (χ3n) is 4.25. The molecule has 138 valence electrons. The van der Waals surface area contributed by atoms with E-state index in [0.717, 1.165) is 15.6 Å². The molecule has 0 aliphatic carbocycles. The molecule has 0 spiro atoms. The molecule has 2 aromatic carbocycles. The van der Waals surface area contributed by atoms with Gasteiger partial charge in [-0.05, 0) is 49.9 Å². The molecule has 0 bridgehead atoms. The number of hydrogen-bond donors (Lipinski definition) is 1. The van der Waals surface area contributed by atoms with Crippen LogP contribution < -0.4 is 5.32 Å². The van der Waals surface area contributed by atoms with E-state index in [1.54, 1.807) is 24.3 Å². The number of ether oxygens (including phenoxy) is 1. The number of esters is 1. The van der Waals surface area contributed by atoms with Crippen molar-refractivity contribution in [3.05, 3.63) is 64.5 Å². The molecule has 0 saturated carbocycles. The first-order chi connectivity index (χ1) is 12.9. The van der Waals surface area contributed by atoms with E-state index in [9.17, 15) is 14.4 Å². The van der Waals surface area contributed by atoms with Crippen LogP contribution in [0.1, 0.15) is 39.4 Å². The maximum atomic E-state index is 12.5. The first kappa shape index (κ1) is 18.8. The Morgan fingerprint density at radius 2 is 1.70 bits per heavy atom. The Kier molecular flexibility index (Phi) is 5.37. The van der Waals surface area contributed by atoms with Gasteiger partial charge >= 0.3 is 5.97 Å². The predicted molar refractivity (Wildman–Crippen MR) is 107 cm³/mol. The van der Waals surface area contributed by atoms with Crippen LogP contribution in [0.15, 0.2) is 48.5 Å². The second-order valence-corrected chi connectivity index (χ2v) is 7.24. The van der Waals surface area contributed by atoms with Gasteiger partial charge in [0, 0.05) is 10.3 Å². The molecule has 5 nitrogen and oxygen atoms in total. The van der Waals surface area contributed by atoms with Crippen molar-refractivity contribution in [1.82, 2.24) is 0 Å². The molecular weight excluding hydrogens is 362 g/mol. The number of Topliss-reactive ketones (excluding diaryl/α,β-unsaturated/α-hetero) is 1. The number of rotatable bonds is 5. The average Bonchev–Trinajstić information content (AvgIpc) is 2.99. The van der Waals surface area contributed by atoms with Crippen LogP contribution in [0.25, 0.3) is 10.1 Å². The normalized spacial score (nSPS) is 11.8. The molecule has 0 fully saturated rings. The molecule has 6 heteroatoms. The van der Waals surface area contributed by atoms with E-state index >= 15 is 0 Å². The van der Waals surface area contributed by atoms with Crippen LogP contribution in [0.5, 0.6) is 0 Å². The number of fused-ring (bicyclic) bond motifs is 1. The molecular formula is C21H19NO4S. The number of para-hydroxylation sites is 1. The van der Waals surface area contributed by atoms with Crippen LogP contribution >= 0.6 is 11.3 Å². The van der Waals surface area contributed by atoms with Crippen LogP contribution in [-0.4, -0.2) is 23.8 Å². The summed E-state index contributed by atoms with van der Waals surface area (Å²) in [6.07, 6.45) is -0.998. The number of thiophene rings is 1. The van der Waals surface area contributed by atoms with Crippen molar-refractivity contribution in [3.8, 4) is 0 Å². The third kappa shape index (κ3) is 3.90. The van der Waals surface area contributed by atoms with Crippen molar-refractivity contribution in [3.63, 3.8) is 0 Å². The van der Waals surface area contributed by atoms with Gasteiger partial charge in [0.05, 0.1) is 5.69 Å². The summed E-state index contributed by atoms with van der Waals surface area (Å²) in [5.74, 6) is -1.18. The molecule has 3 aromatic rings. The molecule has 0 aliphatic heterocycles. The smallest absolute Gasteiger partial charge is 0.349 e. The Labute approximate surface area is 161 Å². The van der Waals surface area contributed by atoms with Crippen LogP contribution in [-0.2, 0) is 9.53 Å². The fourth-order valence-corrected chi connectivity index (χ4v) is 3.86. The van der Waals surface area contributed by atoms with Crippen molar-refractivity contribution in [2.24, 2.45) is 0 Å². The summed E-state index contributed by atoms with van der Waals surface area (Å²) in [6.45, 7) is 4.80. The molecule has 0 aliphatic rings. The molecule has 0 unspecified atom stereocenters. The minimum absolute atomic E-state index is 0.156. The van der Waals surface area contributed by atoms with Crippen molar-refractivity contribution >= 4 is 44.8 Å². The van der Waals surface area contributed by atoms with E-state index in [0.29, 0.717) is 16.1 Å². The zero-order valence-electron chi connectivity index (χ0n) is 15.2. The first-order valence-corrected chi connectivity index (χ1v) is 9.30. The summed E-state index contributed by atoms with van der Waals surface area (Å²) in [5.41, 5.74) is 1.65. The molecule has 1 N–H and O–H groups in total. The number of anilines is 1. The van der Waals surface area contributed by atoms with Crippen molar-refractivity contribution < 1.29 is 19.1 Å². The Morgan fingerprint density at radius 1 is 1.04 bits per heavy atom. The molecule has 27 heavy (non-hydrogen) atoms. The predicted octanol–water partition coefficient (Wildman–Crippen LogP) is 4.60. The first-order valence-electron chi connectivity index (χ1n) is 8.48. The van der Waals surface area contributed by atoms with E-state index in [1.165, 1.54) is 25.2 Å². The summed E-state index contributed by atoms with van der Waals surface area (Å²) in [5, 5.41) is 3.66. The SMILES string of the molecule is CC(=O)c1ccccc1NC(=O)[C@H](C)OC(=O)c1sc2ccccc2c1C. The Morgan fingerprint density at radius 3 is 2.41 bits per heavy atom. The van der Waals surface area contributed by atoms with Crippen molar-refractivity contribution in [1.29, 1.82) is 0 Å². The quantitative estimate of drug-likeness (QED) is 0.518. The van der Waals surface area contributed by atoms with Gasteiger partial charge in [-0.25, -0.2) is 4.79 Å². The lowest BCUT2D eigenvalue weighted by Crippen LogP contribution is -2.30. The topological polar surface area (TPSA) is 72.5 Å². The maximum absolute atomic E-state index is 12.5. The van der Waals surface area contributed by atoms with E-state index < -0.39 is 18.0 Å². The molecule has 1 aromatic heterocycles. The highest BCUT2D eigenvalue weighted by molar-refractivity contribution is 7.21. The molecule has 0 saturated heterocycles. The van der Waals surface area contributed by atoms with Crippen LogP contribution in [0.3, 0.4) is 0 Å². The maximum Gasteiger partial charge on any atom is 0.349 e. The lowest BCUT2D eigenvalue weighted by molar-refractivity contribution is -0.123. The standard InChI is InChI=1S/C21H19NO4S/c1-12-15-8-5-7-11-18(15)27-19(12)21(25)26-14(3)20(24)22-17-10-6-4-9-16(17)13(2)23/h4-11,14H,1-3H3,(H,22,24)/t14-/m0/s1. The Hall–Kier alpha value is -2.99. The molecule has 0 radical (unpaired) electrons. The van der Waals surface area contributed by atoms with E-state index in [1.807, 2.05) is 31.2 Å². The van der Waals surface area contributed by atoms with E-state index in [2.05, 4.69) is 5.32 Å². The zero-order chi connectivity index (χ0) is 19.6. The number of amides is 1. The summed E-state index contributed by atoms with van der Waals surface area (Å²) >= 11 is 1.35. The van der Waals surface area contributed by atoms with Gasteiger partial charge in [0.1, 0.15) is 4.88 Å². The fraction of sp³-hybridized carbons (Fsp3) is 0.190. The number of benzene rings is 2. The van der Waals surface area contributed by atoms with Gasteiger partial charge in [0.25, 0.3) is 5.91 Å². The summed E-state index contributed by atoms with van der Waals surface area (Å²) < 4.78 is 6.35. The number of carbonyl (C=O) groups excluding carboxylic acids is 3. The Bertz CT molecular complexity index is 1040. The average molecular weight is 381 g/mol. The fourth-order valence-electron chi connectivity index (χ4n) is 2.77. The monoisotopic (exact) mass is 381 g/mol.